The highest BCUT2D eigenvalue weighted by Gasteiger charge is 2.41. The normalized spacial score (nSPS) is 20.9. The van der Waals surface area contributed by atoms with Crippen LogP contribution in [0.3, 0.4) is 0 Å². The molecule has 11 heteroatoms. The molecular formula is C28H32N6O5. The van der Waals surface area contributed by atoms with Crippen LogP contribution in [0, 0.1) is 5.41 Å². The zero-order valence-corrected chi connectivity index (χ0v) is 21.5. The summed E-state index contributed by atoms with van der Waals surface area (Å²) >= 11 is 0. The van der Waals surface area contributed by atoms with Crippen molar-refractivity contribution in [2.75, 3.05) is 44.6 Å². The molecule has 1 atom stereocenters. The number of H-pyrrole nitrogens is 2. The Hall–Kier alpha value is -4.38. The van der Waals surface area contributed by atoms with Gasteiger partial charge in [0.2, 0.25) is 11.8 Å². The second-order valence-corrected chi connectivity index (χ2v) is 9.98. The minimum atomic E-state index is -0.704. The number of aromatic nitrogens is 2. The number of allylic oxidation sites excluding steroid dienone is 1. The summed E-state index contributed by atoms with van der Waals surface area (Å²) in [6.07, 6.45) is 5.78. The molecule has 2 aromatic carbocycles. The van der Waals surface area contributed by atoms with Crippen molar-refractivity contribution >= 4 is 34.4 Å². The highest BCUT2D eigenvalue weighted by atomic mass is 16.5. The number of carbonyl (C=O) groups excluding carboxylic acids is 3. The average molecular weight is 533 g/mol. The number of aromatic amines is 2. The van der Waals surface area contributed by atoms with Crippen LogP contribution in [0.2, 0.25) is 0 Å². The van der Waals surface area contributed by atoms with Crippen LogP contribution in [0.4, 0.5) is 5.69 Å². The molecule has 0 saturated carbocycles. The number of rotatable bonds is 3. The number of imidazole rings is 1. The second kappa shape index (κ2) is 11.6. The predicted octanol–water partition coefficient (Wildman–Crippen LogP) is 1.76. The Kier molecular flexibility index (Phi) is 7.78. The molecule has 11 nitrogen and oxygen atoms in total. The van der Waals surface area contributed by atoms with E-state index in [1.54, 1.807) is 36.4 Å². The van der Waals surface area contributed by atoms with Crippen molar-refractivity contribution in [2.45, 2.75) is 19.3 Å². The standard InChI is InChI=1S/C28H32N6O5/c35-24(31-19-8-9-21-22(16-19)33-27(38)32-21)17-34-14-5-11-28(18-34)10-3-4-15-39-23-7-2-1-6-20(23)25(36)29-12-13-30-26(28)37/h1-4,6-9,16H,5,10-15,17-18H2,(H,29,36)(H,30,37)(H,31,35)(H2,32,33,38). The average Bonchev–Trinajstić information content (AvgIpc) is 3.29. The lowest BCUT2D eigenvalue weighted by Crippen LogP contribution is -2.53. The van der Waals surface area contributed by atoms with Crippen LogP contribution in [0.25, 0.3) is 11.0 Å². The number of nitrogens with one attached hydrogen (secondary N) is 5. The van der Waals surface area contributed by atoms with Crippen LogP contribution < -0.4 is 26.4 Å². The molecule has 1 aromatic heterocycles. The van der Waals surface area contributed by atoms with Gasteiger partial charge in [0.15, 0.2) is 0 Å². The summed E-state index contributed by atoms with van der Waals surface area (Å²) in [4.78, 5) is 57.8. The molecule has 1 spiro atoms. The van der Waals surface area contributed by atoms with E-state index >= 15 is 0 Å². The molecule has 3 amide bonds. The predicted molar refractivity (Wildman–Crippen MR) is 147 cm³/mol. The molecule has 39 heavy (non-hydrogen) atoms. The zero-order valence-electron chi connectivity index (χ0n) is 21.5. The van der Waals surface area contributed by atoms with Crippen LogP contribution in [0.1, 0.15) is 29.6 Å². The fraction of sp³-hybridized carbons (Fsp3) is 0.357. The summed E-state index contributed by atoms with van der Waals surface area (Å²) in [5.74, 6) is -0.0394. The lowest BCUT2D eigenvalue weighted by molar-refractivity contribution is -0.135. The first kappa shape index (κ1) is 26.2. The Morgan fingerprint density at radius 1 is 1.00 bits per heavy atom. The lowest BCUT2D eigenvalue weighted by Gasteiger charge is -2.41. The Balaban J connectivity index is 1.25. The van der Waals surface area contributed by atoms with Gasteiger partial charge in [-0.1, -0.05) is 24.3 Å². The summed E-state index contributed by atoms with van der Waals surface area (Å²) in [5.41, 5.74) is 1.30. The Labute approximate surface area is 225 Å². The number of amides is 3. The molecule has 5 N–H and O–H groups in total. The fourth-order valence-corrected chi connectivity index (χ4v) is 5.25. The maximum atomic E-state index is 13.4. The van der Waals surface area contributed by atoms with Gasteiger partial charge in [-0.05, 0) is 56.1 Å². The summed E-state index contributed by atoms with van der Waals surface area (Å²) in [6.45, 7) is 2.11. The van der Waals surface area contributed by atoms with E-state index in [9.17, 15) is 19.2 Å². The molecule has 204 valence electrons. The molecule has 3 aromatic rings. The van der Waals surface area contributed by atoms with Gasteiger partial charge in [0.05, 0.1) is 28.6 Å². The number of fused-ring (bicyclic) bond motifs is 2. The Morgan fingerprint density at radius 2 is 1.82 bits per heavy atom. The van der Waals surface area contributed by atoms with Gasteiger partial charge in [-0.2, -0.15) is 0 Å². The number of ether oxygens (including phenoxy) is 1. The van der Waals surface area contributed by atoms with Crippen LogP contribution in [-0.4, -0.2) is 71.9 Å². The molecule has 5 rings (SSSR count). The van der Waals surface area contributed by atoms with Crippen molar-refractivity contribution < 1.29 is 19.1 Å². The van der Waals surface area contributed by atoms with E-state index in [1.807, 2.05) is 23.1 Å². The minimum absolute atomic E-state index is 0.0910. The van der Waals surface area contributed by atoms with Crippen molar-refractivity contribution in [1.82, 2.24) is 25.5 Å². The first-order chi connectivity index (χ1) is 18.9. The van der Waals surface area contributed by atoms with Gasteiger partial charge in [0, 0.05) is 25.3 Å². The van der Waals surface area contributed by atoms with Crippen LogP contribution in [-0.2, 0) is 9.59 Å². The molecule has 2 aliphatic heterocycles. The number of nitrogens with zero attached hydrogens (tertiary/aromatic N) is 1. The molecule has 1 saturated heterocycles. The maximum Gasteiger partial charge on any atom is 0.323 e. The topological polar surface area (TPSA) is 148 Å². The molecular weight excluding hydrogens is 500 g/mol. The van der Waals surface area contributed by atoms with Gasteiger partial charge >= 0.3 is 5.69 Å². The molecule has 1 unspecified atom stereocenters. The van der Waals surface area contributed by atoms with Crippen molar-refractivity contribution in [3.05, 3.63) is 70.7 Å². The van der Waals surface area contributed by atoms with Gasteiger partial charge < -0.3 is 30.7 Å². The number of benzene rings is 2. The van der Waals surface area contributed by atoms with Gasteiger partial charge in [-0.25, -0.2) is 4.79 Å². The third kappa shape index (κ3) is 6.20. The highest BCUT2D eigenvalue weighted by Crippen LogP contribution is 2.34. The third-order valence-electron chi connectivity index (χ3n) is 7.14. The largest absolute Gasteiger partial charge is 0.489 e. The minimum Gasteiger partial charge on any atom is -0.489 e. The van der Waals surface area contributed by atoms with E-state index < -0.39 is 5.41 Å². The summed E-state index contributed by atoms with van der Waals surface area (Å²) < 4.78 is 5.83. The molecule has 3 heterocycles. The number of carbonyl (C=O) groups is 3. The fourth-order valence-electron chi connectivity index (χ4n) is 5.25. The summed E-state index contributed by atoms with van der Waals surface area (Å²) in [5, 5.41) is 8.72. The van der Waals surface area contributed by atoms with E-state index in [0.717, 1.165) is 6.42 Å². The van der Waals surface area contributed by atoms with Crippen molar-refractivity contribution in [3.8, 4) is 5.75 Å². The van der Waals surface area contributed by atoms with Crippen LogP contribution in [0.15, 0.2) is 59.4 Å². The van der Waals surface area contributed by atoms with Crippen molar-refractivity contribution in [2.24, 2.45) is 5.41 Å². The zero-order chi connectivity index (χ0) is 27.2. The van der Waals surface area contributed by atoms with Gasteiger partial charge in [-0.3, -0.25) is 19.3 Å². The first-order valence-electron chi connectivity index (χ1n) is 13.1. The van der Waals surface area contributed by atoms with Gasteiger partial charge in [0.25, 0.3) is 5.91 Å². The van der Waals surface area contributed by atoms with Crippen molar-refractivity contribution in [1.29, 1.82) is 0 Å². The van der Waals surface area contributed by atoms with E-state index in [-0.39, 0.29) is 43.1 Å². The first-order valence-corrected chi connectivity index (χ1v) is 13.1. The monoisotopic (exact) mass is 532 g/mol. The SMILES string of the molecule is O=C(CN1CCCC2(CC=CCOc3ccccc3C(=O)NCCNC2=O)C1)Nc1ccc2[nH]c(=O)[nH]c2c1. The van der Waals surface area contributed by atoms with E-state index in [4.69, 9.17) is 4.74 Å². The summed E-state index contributed by atoms with van der Waals surface area (Å²) in [7, 11) is 0. The number of anilines is 1. The number of likely N-dealkylation sites (tertiary alicyclic amines) is 1. The van der Waals surface area contributed by atoms with Crippen LogP contribution in [0.5, 0.6) is 5.75 Å². The smallest absolute Gasteiger partial charge is 0.323 e. The number of hydrogen-bond acceptors (Lipinski definition) is 6. The molecule has 0 aliphatic carbocycles. The Morgan fingerprint density at radius 3 is 2.72 bits per heavy atom. The molecule has 0 radical (unpaired) electrons. The third-order valence-corrected chi connectivity index (χ3v) is 7.14. The quantitative estimate of drug-likeness (QED) is 0.325. The number of hydrogen-bond donors (Lipinski definition) is 5. The number of para-hydroxylation sites is 1. The number of piperidine rings is 1. The second-order valence-electron chi connectivity index (χ2n) is 9.98. The van der Waals surface area contributed by atoms with E-state index in [1.165, 1.54) is 0 Å². The van der Waals surface area contributed by atoms with Crippen LogP contribution >= 0.6 is 0 Å². The van der Waals surface area contributed by atoms with E-state index in [0.29, 0.717) is 60.5 Å². The molecule has 2 aliphatic rings. The van der Waals surface area contributed by atoms with Gasteiger partial charge in [0.1, 0.15) is 12.4 Å². The maximum absolute atomic E-state index is 13.4. The highest BCUT2D eigenvalue weighted by molar-refractivity contribution is 5.97. The summed E-state index contributed by atoms with van der Waals surface area (Å²) in [6, 6.07) is 12.2. The lowest BCUT2D eigenvalue weighted by atomic mass is 9.76. The Bertz CT molecular complexity index is 1460. The molecule has 0 bridgehead atoms. The molecule has 1 fully saturated rings. The van der Waals surface area contributed by atoms with Crippen molar-refractivity contribution in [3.63, 3.8) is 0 Å². The van der Waals surface area contributed by atoms with Gasteiger partial charge in [-0.15, -0.1) is 0 Å². The van der Waals surface area contributed by atoms with E-state index in [2.05, 4.69) is 25.9 Å².